The second kappa shape index (κ2) is 5.72. The van der Waals surface area contributed by atoms with Gasteiger partial charge in [-0.15, -0.1) is 0 Å². The molecule has 0 aliphatic rings. The minimum Gasteiger partial charge on any atom is -0.309 e. The van der Waals surface area contributed by atoms with Gasteiger partial charge in [0.1, 0.15) is 5.82 Å². The van der Waals surface area contributed by atoms with Crippen molar-refractivity contribution in [1.82, 2.24) is 5.32 Å². The SMILES string of the molecule is CNC(c1cc(C)cc(Cl)c1)c1ccc(F)cc1C. The van der Waals surface area contributed by atoms with Gasteiger partial charge < -0.3 is 5.32 Å². The van der Waals surface area contributed by atoms with Crippen LogP contribution in [-0.4, -0.2) is 7.05 Å². The van der Waals surface area contributed by atoms with Gasteiger partial charge in [0.2, 0.25) is 0 Å². The minimum absolute atomic E-state index is 0.0120. The maximum Gasteiger partial charge on any atom is 0.123 e. The highest BCUT2D eigenvalue weighted by Gasteiger charge is 2.15. The van der Waals surface area contributed by atoms with E-state index in [0.29, 0.717) is 0 Å². The van der Waals surface area contributed by atoms with E-state index in [-0.39, 0.29) is 11.9 Å². The molecule has 1 nitrogen and oxygen atoms in total. The van der Waals surface area contributed by atoms with Gasteiger partial charge >= 0.3 is 0 Å². The molecule has 19 heavy (non-hydrogen) atoms. The molecule has 0 aliphatic carbocycles. The molecule has 1 atom stereocenters. The number of rotatable bonds is 3. The molecule has 0 amide bonds. The molecule has 0 saturated carbocycles. The third-order valence-corrected chi connectivity index (χ3v) is 3.45. The van der Waals surface area contributed by atoms with E-state index in [9.17, 15) is 4.39 Å². The Morgan fingerprint density at radius 2 is 1.84 bits per heavy atom. The summed E-state index contributed by atoms with van der Waals surface area (Å²) in [6.07, 6.45) is 0. The monoisotopic (exact) mass is 277 g/mol. The molecule has 2 aromatic carbocycles. The van der Waals surface area contributed by atoms with Crippen molar-refractivity contribution in [2.24, 2.45) is 0 Å². The number of hydrogen-bond acceptors (Lipinski definition) is 1. The average molecular weight is 278 g/mol. The Morgan fingerprint density at radius 3 is 2.42 bits per heavy atom. The Balaban J connectivity index is 2.49. The van der Waals surface area contributed by atoms with E-state index < -0.39 is 0 Å². The molecule has 0 spiro atoms. The maximum absolute atomic E-state index is 13.2. The quantitative estimate of drug-likeness (QED) is 0.876. The van der Waals surface area contributed by atoms with Crippen molar-refractivity contribution in [1.29, 1.82) is 0 Å². The van der Waals surface area contributed by atoms with Crippen LogP contribution in [0.4, 0.5) is 4.39 Å². The first-order chi connectivity index (χ1) is 9.01. The van der Waals surface area contributed by atoms with Crippen molar-refractivity contribution in [2.45, 2.75) is 19.9 Å². The lowest BCUT2D eigenvalue weighted by Crippen LogP contribution is -2.19. The zero-order valence-electron chi connectivity index (χ0n) is 11.3. The molecular weight excluding hydrogens is 261 g/mol. The topological polar surface area (TPSA) is 12.0 Å². The highest BCUT2D eigenvalue weighted by atomic mass is 35.5. The molecule has 1 unspecified atom stereocenters. The van der Waals surface area contributed by atoms with Crippen molar-refractivity contribution < 1.29 is 4.39 Å². The summed E-state index contributed by atoms with van der Waals surface area (Å²) >= 11 is 6.12. The molecule has 0 bridgehead atoms. The third-order valence-electron chi connectivity index (χ3n) is 3.23. The molecule has 0 heterocycles. The fourth-order valence-corrected chi connectivity index (χ4v) is 2.69. The van der Waals surface area contributed by atoms with Crippen molar-refractivity contribution in [2.75, 3.05) is 7.05 Å². The Morgan fingerprint density at radius 1 is 1.11 bits per heavy atom. The highest BCUT2D eigenvalue weighted by Crippen LogP contribution is 2.28. The smallest absolute Gasteiger partial charge is 0.123 e. The van der Waals surface area contributed by atoms with Gasteiger partial charge in [0, 0.05) is 5.02 Å². The number of benzene rings is 2. The maximum atomic E-state index is 13.2. The molecule has 0 fully saturated rings. The van der Waals surface area contributed by atoms with Crippen LogP contribution >= 0.6 is 11.6 Å². The van der Waals surface area contributed by atoms with Gasteiger partial charge in [-0.05, 0) is 67.4 Å². The van der Waals surface area contributed by atoms with E-state index >= 15 is 0 Å². The second-order valence-electron chi connectivity index (χ2n) is 4.78. The summed E-state index contributed by atoms with van der Waals surface area (Å²) in [5.41, 5.74) is 4.19. The van der Waals surface area contributed by atoms with Crippen LogP contribution < -0.4 is 5.32 Å². The normalized spacial score (nSPS) is 12.5. The summed E-state index contributed by atoms with van der Waals surface area (Å²) < 4.78 is 13.2. The number of halogens is 2. The van der Waals surface area contributed by atoms with E-state index in [1.165, 1.54) is 6.07 Å². The summed E-state index contributed by atoms with van der Waals surface area (Å²) in [7, 11) is 1.89. The van der Waals surface area contributed by atoms with Crippen LogP contribution in [0.5, 0.6) is 0 Å². The third kappa shape index (κ3) is 3.14. The van der Waals surface area contributed by atoms with Crippen LogP contribution in [0.25, 0.3) is 0 Å². The van der Waals surface area contributed by atoms with Crippen molar-refractivity contribution in [3.05, 3.63) is 69.5 Å². The largest absolute Gasteiger partial charge is 0.309 e. The molecule has 0 radical (unpaired) electrons. The van der Waals surface area contributed by atoms with Crippen molar-refractivity contribution in [3.8, 4) is 0 Å². The standard InChI is InChI=1S/C16H17ClFN/c1-10-6-12(9-13(17)7-10)16(19-3)15-5-4-14(18)8-11(15)2/h4-9,16,19H,1-3H3. The van der Waals surface area contributed by atoms with Gasteiger partial charge in [0.25, 0.3) is 0 Å². The van der Waals surface area contributed by atoms with Crippen LogP contribution in [0, 0.1) is 19.7 Å². The van der Waals surface area contributed by atoms with E-state index in [1.54, 1.807) is 6.07 Å². The lowest BCUT2D eigenvalue weighted by atomic mass is 9.94. The van der Waals surface area contributed by atoms with Crippen LogP contribution in [0.1, 0.15) is 28.3 Å². The van der Waals surface area contributed by atoms with Crippen LogP contribution in [0.3, 0.4) is 0 Å². The summed E-state index contributed by atoms with van der Waals surface area (Å²) in [4.78, 5) is 0. The highest BCUT2D eigenvalue weighted by molar-refractivity contribution is 6.30. The predicted molar refractivity (Wildman–Crippen MR) is 78.2 cm³/mol. The first-order valence-corrected chi connectivity index (χ1v) is 6.59. The fourth-order valence-electron chi connectivity index (χ4n) is 2.40. The average Bonchev–Trinajstić information content (AvgIpc) is 2.31. The Bertz CT molecular complexity index is 575. The fraction of sp³-hybridized carbons (Fsp3) is 0.250. The molecule has 0 aromatic heterocycles. The minimum atomic E-state index is -0.210. The molecule has 2 aromatic rings. The Labute approximate surface area is 118 Å². The first-order valence-electron chi connectivity index (χ1n) is 6.21. The van der Waals surface area contributed by atoms with E-state index in [0.717, 1.165) is 27.3 Å². The lowest BCUT2D eigenvalue weighted by molar-refractivity contribution is 0.621. The predicted octanol–water partition coefficient (Wildman–Crippen LogP) is 4.40. The van der Waals surface area contributed by atoms with E-state index in [2.05, 4.69) is 11.4 Å². The van der Waals surface area contributed by atoms with Gasteiger partial charge in [-0.1, -0.05) is 23.7 Å². The molecular formula is C16H17ClFN. The molecule has 1 N–H and O–H groups in total. The summed E-state index contributed by atoms with van der Waals surface area (Å²) in [5, 5.41) is 3.99. The Kier molecular flexibility index (Phi) is 4.23. The first kappa shape index (κ1) is 14.0. The summed E-state index contributed by atoms with van der Waals surface area (Å²) in [6.45, 7) is 3.93. The number of hydrogen-bond donors (Lipinski definition) is 1. The van der Waals surface area contributed by atoms with Gasteiger partial charge in [0.05, 0.1) is 6.04 Å². The van der Waals surface area contributed by atoms with Crippen LogP contribution in [0.15, 0.2) is 36.4 Å². The number of aryl methyl sites for hydroxylation is 2. The van der Waals surface area contributed by atoms with Crippen molar-refractivity contribution >= 4 is 11.6 Å². The second-order valence-corrected chi connectivity index (χ2v) is 5.22. The van der Waals surface area contributed by atoms with Gasteiger partial charge in [-0.2, -0.15) is 0 Å². The van der Waals surface area contributed by atoms with Gasteiger partial charge in [0.15, 0.2) is 0 Å². The number of nitrogens with one attached hydrogen (secondary N) is 1. The van der Waals surface area contributed by atoms with Crippen LogP contribution in [0.2, 0.25) is 5.02 Å². The molecule has 0 aliphatic heterocycles. The van der Waals surface area contributed by atoms with E-state index in [1.807, 2.05) is 39.1 Å². The Hall–Kier alpha value is -1.38. The lowest BCUT2D eigenvalue weighted by Gasteiger charge is -2.20. The zero-order chi connectivity index (χ0) is 14.0. The van der Waals surface area contributed by atoms with Crippen molar-refractivity contribution in [3.63, 3.8) is 0 Å². The summed E-state index contributed by atoms with van der Waals surface area (Å²) in [5.74, 6) is -0.210. The molecule has 0 saturated heterocycles. The molecule has 100 valence electrons. The van der Waals surface area contributed by atoms with Gasteiger partial charge in [-0.25, -0.2) is 4.39 Å². The molecule has 3 heteroatoms. The van der Waals surface area contributed by atoms with E-state index in [4.69, 9.17) is 11.6 Å². The summed E-state index contributed by atoms with van der Waals surface area (Å²) in [6, 6.07) is 10.8. The molecule has 2 rings (SSSR count). The van der Waals surface area contributed by atoms with Crippen LogP contribution in [-0.2, 0) is 0 Å². The van der Waals surface area contributed by atoms with Gasteiger partial charge in [-0.3, -0.25) is 0 Å². The zero-order valence-corrected chi connectivity index (χ0v) is 12.1.